The van der Waals surface area contributed by atoms with E-state index in [-0.39, 0.29) is 0 Å². The average molecular weight is 266 g/mol. The van der Waals surface area contributed by atoms with Crippen molar-refractivity contribution in [3.05, 3.63) is 46.5 Å². The fourth-order valence-corrected chi connectivity index (χ4v) is 5.03. The zero-order valence-corrected chi connectivity index (χ0v) is 12.9. The van der Waals surface area contributed by atoms with Crippen molar-refractivity contribution >= 4 is 0 Å². The van der Waals surface area contributed by atoms with Crippen molar-refractivity contribution in [3.8, 4) is 0 Å². The van der Waals surface area contributed by atoms with Crippen molar-refractivity contribution in [1.29, 1.82) is 0 Å². The van der Waals surface area contributed by atoms with Crippen molar-refractivity contribution < 1.29 is 0 Å². The molecule has 0 nitrogen and oxygen atoms in total. The summed E-state index contributed by atoms with van der Waals surface area (Å²) < 4.78 is 0. The molecule has 106 valence electrons. The molecule has 0 heteroatoms. The Labute approximate surface area is 123 Å². The van der Waals surface area contributed by atoms with E-state index in [4.69, 9.17) is 0 Å². The van der Waals surface area contributed by atoms with Crippen LogP contribution in [0.2, 0.25) is 0 Å². The van der Waals surface area contributed by atoms with Gasteiger partial charge in [-0.05, 0) is 78.9 Å². The molecule has 0 N–H and O–H groups in total. The van der Waals surface area contributed by atoms with Crippen LogP contribution >= 0.6 is 0 Å². The monoisotopic (exact) mass is 266 g/mol. The first kappa shape index (κ1) is 12.7. The molecule has 1 spiro atoms. The van der Waals surface area contributed by atoms with Gasteiger partial charge in [0.25, 0.3) is 0 Å². The van der Waals surface area contributed by atoms with E-state index in [0.29, 0.717) is 5.41 Å². The molecule has 0 aliphatic heterocycles. The number of aryl methyl sites for hydroxylation is 1. The Bertz CT molecular complexity index is 563. The van der Waals surface area contributed by atoms with Gasteiger partial charge in [0, 0.05) is 0 Å². The highest BCUT2D eigenvalue weighted by Gasteiger charge is 2.48. The predicted octanol–water partition coefficient (Wildman–Crippen LogP) is 5.10. The van der Waals surface area contributed by atoms with E-state index in [1.807, 2.05) is 0 Å². The summed E-state index contributed by atoms with van der Waals surface area (Å²) in [6, 6.07) is 7.35. The molecule has 0 aromatic heterocycles. The molecule has 0 saturated heterocycles. The van der Waals surface area contributed by atoms with Crippen LogP contribution in [0.1, 0.15) is 56.2 Å². The lowest BCUT2D eigenvalue weighted by Gasteiger charge is -2.40. The standard InChI is InChI=1S/C20H26/c1-14(2)9-15-3-5-18-13-20(8-7-17(18)10-15)12-16-4-6-19(20)11-16/h3-5,10,14,19H,6-9,11-13H2,1-2H3. The number of benzene rings is 1. The fourth-order valence-electron chi connectivity index (χ4n) is 5.03. The van der Waals surface area contributed by atoms with Crippen LogP contribution in [-0.4, -0.2) is 0 Å². The van der Waals surface area contributed by atoms with Gasteiger partial charge in [-0.3, -0.25) is 0 Å². The van der Waals surface area contributed by atoms with Gasteiger partial charge >= 0.3 is 0 Å². The maximum Gasteiger partial charge on any atom is -0.0182 e. The number of hydrogen-bond donors (Lipinski definition) is 0. The minimum Gasteiger partial charge on any atom is -0.0850 e. The first-order valence-corrected chi connectivity index (χ1v) is 8.43. The highest BCUT2D eigenvalue weighted by Crippen LogP contribution is 2.58. The predicted molar refractivity (Wildman–Crippen MR) is 84.9 cm³/mol. The summed E-state index contributed by atoms with van der Waals surface area (Å²) in [5, 5.41) is 0. The second-order valence-electron chi connectivity index (χ2n) is 7.92. The molecule has 1 aromatic rings. The Balaban J connectivity index is 1.60. The van der Waals surface area contributed by atoms with Crippen LogP contribution < -0.4 is 0 Å². The molecule has 2 unspecified atom stereocenters. The molecule has 4 rings (SSSR count). The van der Waals surface area contributed by atoms with Gasteiger partial charge < -0.3 is 0 Å². The third-order valence-corrected chi connectivity index (χ3v) is 5.99. The SMILES string of the molecule is CC(C)Cc1ccc2c(c1)CCC1(CC3=CCC1C3)C2. The van der Waals surface area contributed by atoms with E-state index < -0.39 is 0 Å². The molecule has 0 heterocycles. The Morgan fingerprint density at radius 2 is 2.10 bits per heavy atom. The zero-order chi connectivity index (χ0) is 13.7. The Morgan fingerprint density at radius 3 is 2.80 bits per heavy atom. The highest BCUT2D eigenvalue weighted by atomic mass is 14.5. The van der Waals surface area contributed by atoms with Crippen molar-refractivity contribution in [1.82, 2.24) is 0 Å². The maximum atomic E-state index is 2.52. The fraction of sp³-hybridized carbons (Fsp3) is 0.600. The summed E-state index contributed by atoms with van der Waals surface area (Å²) in [5.74, 6) is 1.74. The van der Waals surface area contributed by atoms with Gasteiger partial charge in [0.15, 0.2) is 0 Å². The zero-order valence-electron chi connectivity index (χ0n) is 12.9. The smallest absolute Gasteiger partial charge is 0.0182 e. The molecule has 3 aliphatic rings. The summed E-state index contributed by atoms with van der Waals surface area (Å²) in [6.45, 7) is 4.63. The summed E-state index contributed by atoms with van der Waals surface area (Å²) in [6.07, 6.45) is 12.1. The van der Waals surface area contributed by atoms with Crippen LogP contribution in [0, 0.1) is 17.3 Å². The van der Waals surface area contributed by atoms with E-state index in [0.717, 1.165) is 11.8 Å². The minimum absolute atomic E-state index is 0.649. The lowest BCUT2D eigenvalue weighted by molar-refractivity contribution is 0.168. The van der Waals surface area contributed by atoms with Crippen LogP contribution in [0.25, 0.3) is 0 Å². The third-order valence-electron chi connectivity index (χ3n) is 5.99. The maximum absolute atomic E-state index is 2.52. The first-order valence-electron chi connectivity index (χ1n) is 8.43. The Kier molecular flexibility index (Phi) is 2.84. The van der Waals surface area contributed by atoms with E-state index in [2.05, 4.69) is 38.1 Å². The van der Waals surface area contributed by atoms with Gasteiger partial charge in [0.05, 0.1) is 0 Å². The number of hydrogen-bond acceptors (Lipinski definition) is 0. The second-order valence-corrected chi connectivity index (χ2v) is 7.92. The van der Waals surface area contributed by atoms with Gasteiger partial charge in [-0.2, -0.15) is 0 Å². The number of allylic oxidation sites excluding steroid dienone is 2. The molecule has 1 saturated carbocycles. The molecule has 3 aliphatic carbocycles. The topological polar surface area (TPSA) is 0 Å². The molecular formula is C20H26. The molecule has 2 atom stereocenters. The summed E-state index contributed by atoms with van der Waals surface area (Å²) in [5.41, 5.74) is 7.29. The average Bonchev–Trinajstić information content (AvgIpc) is 2.99. The summed E-state index contributed by atoms with van der Waals surface area (Å²) >= 11 is 0. The molecule has 1 fully saturated rings. The largest absolute Gasteiger partial charge is 0.0850 e. The second kappa shape index (κ2) is 4.48. The van der Waals surface area contributed by atoms with Gasteiger partial charge in [-0.15, -0.1) is 0 Å². The molecule has 1 aromatic carbocycles. The van der Waals surface area contributed by atoms with E-state index in [9.17, 15) is 0 Å². The lowest BCUT2D eigenvalue weighted by atomic mass is 9.64. The first-order chi connectivity index (χ1) is 9.64. The Morgan fingerprint density at radius 1 is 1.20 bits per heavy atom. The number of rotatable bonds is 2. The van der Waals surface area contributed by atoms with Crippen LogP contribution in [0.3, 0.4) is 0 Å². The van der Waals surface area contributed by atoms with Crippen molar-refractivity contribution in [3.63, 3.8) is 0 Å². The van der Waals surface area contributed by atoms with E-state index in [1.54, 1.807) is 22.3 Å². The van der Waals surface area contributed by atoms with Gasteiger partial charge in [-0.1, -0.05) is 43.7 Å². The van der Waals surface area contributed by atoms with Crippen LogP contribution in [0.4, 0.5) is 0 Å². The molecular weight excluding hydrogens is 240 g/mol. The summed E-state index contributed by atoms with van der Waals surface area (Å²) in [4.78, 5) is 0. The lowest BCUT2D eigenvalue weighted by Crippen LogP contribution is -2.33. The highest BCUT2D eigenvalue weighted by molar-refractivity contribution is 5.38. The van der Waals surface area contributed by atoms with Crippen LogP contribution in [0.5, 0.6) is 0 Å². The van der Waals surface area contributed by atoms with Gasteiger partial charge in [-0.25, -0.2) is 0 Å². The van der Waals surface area contributed by atoms with Crippen LogP contribution in [-0.2, 0) is 19.3 Å². The number of fused-ring (bicyclic) bond motifs is 4. The molecule has 20 heavy (non-hydrogen) atoms. The van der Waals surface area contributed by atoms with Gasteiger partial charge in [0.2, 0.25) is 0 Å². The minimum atomic E-state index is 0.649. The molecule has 0 amide bonds. The molecule has 0 radical (unpaired) electrons. The van der Waals surface area contributed by atoms with Crippen molar-refractivity contribution in [2.24, 2.45) is 17.3 Å². The van der Waals surface area contributed by atoms with Gasteiger partial charge in [0.1, 0.15) is 0 Å². The van der Waals surface area contributed by atoms with Crippen molar-refractivity contribution in [2.75, 3.05) is 0 Å². The van der Waals surface area contributed by atoms with E-state index >= 15 is 0 Å². The van der Waals surface area contributed by atoms with Crippen LogP contribution in [0.15, 0.2) is 29.8 Å². The normalized spacial score (nSPS) is 30.9. The van der Waals surface area contributed by atoms with Crippen molar-refractivity contribution in [2.45, 2.75) is 58.8 Å². The Hall–Kier alpha value is -1.04. The molecule has 2 bridgehead atoms. The summed E-state index contributed by atoms with van der Waals surface area (Å²) in [7, 11) is 0. The van der Waals surface area contributed by atoms with E-state index in [1.165, 1.54) is 44.9 Å². The third kappa shape index (κ3) is 1.96. The quantitative estimate of drug-likeness (QED) is 0.653.